The highest BCUT2D eigenvalue weighted by Crippen LogP contribution is 2.30. The van der Waals surface area contributed by atoms with Crippen LogP contribution in [0.15, 0.2) is 16.6 Å². The molecule has 1 fully saturated rings. The monoisotopic (exact) mass is 327 g/mol. The van der Waals surface area contributed by atoms with E-state index in [0.29, 0.717) is 23.0 Å². The Morgan fingerprint density at radius 1 is 1.58 bits per heavy atom. The first-order valence-corrected chi connectivity index (χ1v) is 6.74. The Balaban J connectivity index is 2.06. The van der Waals surface area contributed by atoms with Crippen LogP contribution < -0.4 is 10.6 Å². The van der Waals surface area contributed by atoms with Crippen LogP contribution in [0.4, 0.5) is 11.4 Å². The summed E-state index contributed by atoms with van der Waals surface area (Å²) in [6.45, 7) is 2.31. The highest BCUT2D eigenvalue weighted by molar-refractivity contribution is 9.10. The Morgan fingerprint density at radius 2 is 2.32 bits per heavy atom. The molecule has 0 saturated carbocycles. The summed E-state index contributed by atoms with van der Waals surface area (Å²) < 4.78 is 0.647. The van der Waals surface area contributed by atoms with E-state index >= 15 is 0 Å². The van der Waals surface area contributed by atoms with Crippen molar-refractivity contribution in [3.05, 3.63) is 32.3 Å². The number of anilines is 1. The van der Waals surface area contributed by atoms with Crippen molar-refractivity contribution in [3.8, 4) is 0 Å². The highest BCUT2D eigenvalue weighted by atomic mass is 79.9. The molecule has 1 unspecified atom stereocenters. The minimum atomic E-state index is -0.402. The number of hydrogen-bond acceptors (Lipinski definition) is 4. The average Bonchev–Trinajstić information content (AvgIpc) is 2.75. The molecule has 102 valence electrons. The van der Waals surface area contributed by atoms with E-state index in [4.69, 9.17) is 0 Å². The molecule has 1 aliphatic heterocycles. The fourth-order valence-corrected chi connectivity index (χ4v) is 2.54. The molecule has 0 bridgehead atoms. The van der Waals surface area contributed by atoms with Crippen LogP contribution in [-0.2, 0) is 4.79 Å². The third-order valence-corrected chi connectivity index (χ3v) is 3.76. The number of carbonyl (C=O) groups excluding carboxylic acids is 1. The molecule has 0 spiro atoms. The summed E-state index contributed by atoms with van der Waals surface area (Å²) in [4.78, 5) is 21.5. The standard InChI is InChI=1S/C12H14BrN3O3/c1-7-4-10(9(13)5-11(7)16(18)19)14-6-8-2-3-12(17)15-8/h4-5,8,14H,2-3,6H2,1H3,(H,15,17). The Hall–Kier alpha value is -1.63. The Labute approximate surface area is 118 Å². The fraction of sp³-hybridized carbons (Fsp3) is 0.417. The van der Waals surface area contributed by atoms with Gasteiger partial charge in [-0.2, -0.15) is 0 Å². The van der Waals surface area contributed by atoms with Crippen molar-refractivity contribution in [3.63, 3.8) is 0 Å². The largest absolute Gasteiger partial charge is 0.382 e. The van der Waals surface area contributed by atoms with Crippen molar-refractivity contribution < 1.29 is 9.72 Å². The van der Waals surface area contributed by atoms with Crippen LogP contribution in [0.1, 0.15) is 18.4 Å². The zero-order valence-corrected chi connectivity index (χ0v) is 12.0. The number of halogens is 1. The van der Waals surface area contributed by atoms with Crippen molar-refractivity contribution in [2.24, 2.45) is 0 Å². The van der Waals surface area contributed by atoms with Crippen LogP contribution >= 0.6 is 15.9 Å². The lowest BCUT2D eigenvalue weighted by atomic mass is 10.1. The van der Waals surface area contributed by atoms with E-state index in [2.05, 4.69) is 26.6 Å². The number of amides is 1. The predicted molar refractivity (Wildman–Crippen MR) is 75.2 cm³/mol. The number of nitrogens with zero attached hydrogens (tertiary/aromatic N) is 1. The first-order valence-electron chi connectivity index (χ1n) is 5.95. The maximum atomic E-state index is 11.1. The summed E-state index contributed by atoms with van der Waals surface area (Å²) in [5, 5.41) is 16.9. The minimum absolute atomic E-state index is 0.0748. The molecule has 19 heavy (non-hydrogen) atoms. The number of carbonyl (C=O) groups is 1. The SMILES string of the molecule is Cc1cc(NCC2CCC(=O)N2)c(Br)cc1[N+](=O)[O-]. The average molecular weight is 328 g/mol. The van der Waals surface area contributed by atoms with Crippen LogP contribution in [0.3, 0.4) is 0 Å². The summed E-state index contributed by atoms with van der Waals surface area (Å²) in [5.41, 5.74) is 1.49. The van der Waals surface area contributed by atoms with Gasteiger partial charge in [0.25, 0.3) is 5.69 Å². The van der Waals surface area contributed by atoms with Crippen LogP contribution in [0.2, 0.25) is 0 Å². The zero-order chi connectivity index (χ0) is 14.0. The molecule has 0 radical (unpaired) electrons. The second-order valence-electron chi connectivity index (χ2n) is 4.56. The van der Waals surface area contributed by atoms with Gasteiger partial charge in [0.2, 0.25) is 5.91 Å². The van der Waals surface area contributed by atoms with E-state index in [1.54, 1.807) is 13.0 Å². The molecule has 0 aromatic heterocycles. The lowest BCUT2D eigenvalue weighted by Gasteiger charge is -2.14. The van der Waals surface area contributed by atoms with Gasteiger partial charge in [0, 0.05) is 40.8 Å². The van der Waals surface area contributed by atoms with E-state index in [0.717, 1.165) is 12.1 Å². The maximum absolute atomic E-state index is 11.1. The van der Waals surface area contributed by atoms with Crippen LogP contribution in [-0.4, -0.2) is 23.4 Å². The zero-order valence-electron chi connectivity index (χ0n) is 10.4. The molecule has 1 heterocycles. The van der Waals surface area contributed by atoms with Gasteiger partial charge in [-0.25, -0.2) is 0 Å². The number of rotatable bonds is 4. The summed E-state index contributed by atoms with van der Waals surface area (Å²) in [5.74, 6) is 0.0748. The van der Waals surface area contributed by atoms with Crippen molar-refractivity contribution in [2.45, 2.75) is 25.8 Å². The van der Waals surface area contributed by atoms with Crippen LogP contribution in [0, 0.1) is 17.0 Å². The number of nitrogens with one attached hydrogen (secondary N) is 2. The van der Waals surface area contributed by atoms with Crippen molar-refractivity contribution >= 4 is 33.2 Å². The first kappa shape index (κ1) is 13.8. The van der Waals surface area contributed by atoms with E-state index in [1.165, 1.54) is 6.07 Å². The Morgan fingerprint density at radius 3 is 2.89 bits per heavy atom. The second kappa shape index (κ2) is 5.56. The van der Waals surface area contributed by atoms with E-state index in [9.17, 15) is 14.9 Å². The Kier molecular flexibility index (Phi) is 4.04. The van der Waals surface area contributed by atoms with Gasteiger partial charge >= 0.3 is 0 Å². The summed E-state index contributed by atoms with van der Waals surface area (Å²) in [6.07, 6.45) is 1.38. The van der Waals surface area contributed by atoms with Crippen molar-refractivity contribution in [1.82, 2.24) is 5.32 Å². The molecule has 1 aromatic carbocycles. The van der Waals surface area contributed by atoms with E-state index in [-0.39, 0.29) is 17.6 Å². The molecule has 1 aliphatic rings. The lowest BCUT2D eigenvalue weighted by molar-refractivity contribution is -0.385. The number of hydrogen-bond donors (Lipinski definition) is 2. The molecule has 1 aromatic rings. The summed E-state index contributed by atoms with van der Waals surface area (Å²) in [7, 11) is 0. The second-order valence-corrected chi connectivity index (χ2v) is 5.41. The molecule has 2 N–H and O–H groups in total. The quantitative estimate of drug-likeness (QED) is 0.656. The third-order valence-electron chi connectivity index (χ3n) is 3.11. The molecule has 1 atom stereocenters. The van der Waals surface area contributed by atoms with Gasteiger partial charge in [-0.15, -0.1) is 0 Å². The van der Waals surface area contributed by atoms with Gasteiger partial charge in [0.15, 0.2) is 0 Å². The Bertz CT molecular complexity index is 533. The number of nitro groups is 1. The predicted octanol–water partition coefficient (Wildman–Crippen LogP) is 2.36. The van der Waals surface area contributed by atoms with Gasteiger partial charge in [-0.1, -0.05) is 0 Å². The molecular formula is C12H14BrN3O3. The molecule has 1 saturated heterocycles. The van der Waals surface area contributed by atoms with Gasteiger partial charge in [-0.3, -0.25) is 14.9 Å². The number of benzene rings is 1. The van der Waals surface area contributed by atoms with Crippen molar-refractivity contribution in [2.75, 3.05) is 11.9 Å². The van der Waals surface area contributed by atoms with E-state index < -0.39 is 4.92 Å². The summed E-state index contributed by atoms with van der Waals surface area (Å²) >= 11 is 3.32. The normalized spacial score (nSPS) is 18.2. The smallest absolute Gasteiger partial charge is 0.273 e. The van der Waals surface area contributed by atoms with Gasteiger partial charge < -0.3 is 10.6 Å². The molecule has 2 rings (SSSR count). The lowest BCUT2D eigenvalue weighted by Crippen LogP contribution is -2.31. The fourth-order valence-electron chi connectivity index (χ4n) is 2.07. The van der Waals surface area contributed by atoms with Gasteiger partial charge in [0.1, 0.15) is 0 Å². The van der Waals surface area contributed by atoms with Crippen LogP contribution in [0.25, 0.3) is 0 Å². The van der Waals surface area contributed by atoms with Crippen molar-refractivity contribution in [1.29, 1.82) is 0 Å². The summed E-state index contributed by atoms with van der Waals surface area (Å²) in [6, 6.07) is 3.35. The minimum Gasteiger partial charge on any atom is -0.382 e. The van der Waals surface area contributed by atoms with Gasteiger partial charge in [-0.05, 0) is 35.3 Å². The third kappa shape index (κ3) is 3.23. The molecule has 6 nitrogen and oxygen atoms in total. The topological polar surface area (TPSA) is 84.3 Å². The first-order chi connectivity index (χ1) is 8.97. The van der Waals surface area contributed by atoms with Gasteiger partial charge in [0.05, 0.1) is 4.92 Å². The molecule has 1 amide bonds. The number of aryl methyl sites for hydroxylation is 1. The molecular weight excluding hydrogens is 314 g/mol. The highest BCUT2D eigenvalue weighted by Gasteiger charge is 2.21. The molecule has 0 aliphatic carbocycles. The maximum Gasteiger partial charge on any atom is 0.273 e. The van der Waals surface area contributed by atoms with Crippen LogP contribution in [0.5, 0.6) is 0 Å². The van der Waals surface area contributed by atoms with E-state index in [1.807, 2.05) is 0 Å². The molecule has 7 heteroatoms. The number of nitro benzene ring substituents is 1.